The van der Waals surface area contributed by atoms with Gasteiger partial charge in [-0.05, 0) is 12.8 Å². The fourth-order valence-electron chi connectivity index (χ4n) is 1.52. The van der Waals surface area contributed by atoms with Gasteiger partial charge in [-0.15, -0.1) is 0 Å². The molecule has 5 nitrogen and oxygen atoms in total. The van der Waals surface area contributed by atoms with Crippen LogP contribution in [0.3, 0.4) is 0 Å². The molecule has 1 unspecified atom stereocenters. The van der Waals surface area contributed by atoms with Crippen LogP contribution >= 0.6 is 0 Å². The van der Waals surface area contributed by atoms with Crippen LogP contribution < -0.4 is 10.6 Å². The zero-order chi connectivity index (χ0) is 11.7. The molecule has 0 aliphatic heterocycles. The summed E-state index contributed by atoms with van der Waals surface area (Å²) >= 11 is 0. The summed E-state index contributed by atoms with van der Waals surface area (Å²) in [5.41, 5.74) is 6.08. The number of hydrogen-bond acceptors (Lipinski definition) is 5. The summed E-state index contributed by atoms with van der Waals surface area (Å²) in [5.74, 6) is 2.15. The molecule has 88 valence electrons. The minimum absolute atomic E-state index is 0.188. The lowest BCUT2D eigenvalue weighted by Gasteiger charge is -2.15. The van der Waals surface area contributed by atoms with Crippen molar-refractivity contribution < 1.29 is 5.11 Å². The summed E-state index contributed by atoms with van der Waals surface area (Å²) in [5, 5.41) is 9.73. The second-order valence-electron chi connectivity index (χ2n) is 4.43. The second kappa shape index (κ2) is 4.35. The molecule has 1 aromatic rings. The fourth-order valence-corrected chi connectivity index (χ4v) is 1.52. The highest BCUT2D eigenvalue weighted by atomic mass is 16.3. The van der Waals surface area contributed by atoms with Gasteiger partial charge in [-0.25, -0.2) is 9.97 Å². The quantitative estimate of drug-likeness (QED) is 0.772. The molecule has 5 heteroatoms. The molecule has 16 heavy (non-hydrogen) atoms. The molecule has 1 atom stereocenters. The van der Waals surface area contributed by atoms with Crippen LogP contribution in [0.4, 0.5) is 5.82 Å². The van der Waals surface area contributed by atoms with E-state index in [0.29, 0.717) is 11.6 Å². The lowest BCUT2D eigenvalue weighted by atomic mass is 10.2. The van der Waals surface area contributed by atoms with E-state index in [4.69, 9.17) is 5.73 Å². The number of aliphatic hydroxyl groups is 1. The van der Waals surface area contributed by atoms with Crippen molar-refractivity contribution in [2.45, 2.75) is 24.9 Å². The second-order valence-corrected chi connectivity index (χ2v) is 4.43. The predicted octanol–water partition coefficient (Wildman–Crippen LogP) is 0.412. The minimum atomic E-state index is -0.695. The molecular weight excluding hydrogens is 204 g/mol. The van der Waals surface area contributed by atoms with Crippen LogP contribution in [0.1, 0.15) is 36.4 Å². The Morgan fingerprint density at radius 1 is 1.50 bits per heavy atom. The summed E-state index contributed by atoms with van der Waals surface area (Å²) in [4.78, 5) is 10.8. The number of nitrogens with zero attached hydrogens (tertiary/aromatic N) is 3. The Bertz CT molecular complexity index is 356. The summed E-state index contributed by atoms with van der Waals surface area (Å²) in [6, 6.07) is 1.80. The van der Waals surface area contributed by atoms with E-state index in [2.05, 4.69) is 9.97 Å². The lowest BCUT2D eigenvalue weighted by molar-refractivity contribution is 0.181. The first kappa shape index (κ1) is 11.3. The lowest BCUT2D eigenvalue weighted by Crippen LogP contribution is -2.17. The van der Waals surface area contributed by atoms with Crippen molar-refractivity contribution in [3.8, 4) is 0 Å². The minimum Gasteiger partial charge on any atom is -0.385 e. The Labute approximate surface area is 95.3 Å². The standard InChI is InChI=1S/C11H18N4O/c1-15(2)10-5-8(9(16)6-12)13-11(14-10)7-3-4-7/h5,7,9,16H,3-4,6,12H2,1-2H3. The van der Waals surface area contributed by atoms with E-state index >= 15 is 0 Å². The van der Waals surface area contributed by atoms with Gasteiger partial charge in [0.1, 0.15) is 17.7 Å². The van der Waals surface area contributed by atoms with Crippen molar-refractivity contribution in [1.82, 2.24) is 9.97 Å². The van der Waals surface area contributed by atoms with Gasteiger partial charge >= 0.3 is 0 Å². The molecule has 0 spiro atoms. The van der Waals surface area contributed by atoms with Crippen molar-refractivity contribution in [3.63, 3.8) is 0 Å². The number of aliphatic hydroxyl groups excluding tert-OH is 1. The van der Waals surface area contributed by atoms with Crippen LogP contribution in [-0.4, -0.2) is 35.7 Å². The van der Waals surface area contributed by atoms with Crippen LogP contribution in [0.25, 0.3) is 0 Å². The largest absolute Gasteiger partial charge is 0.385 e. The van der Waals surface area contributed by atoms with E-state index in [0.717, 1.165) is 24.5 Å². The first-order valence-electron chi connectivity index (χ1n) is 5.56. The molecule has 0 amide bonds. The Balaban J connectivity index is 2.36. The summed E-state index contributed by atoms with van der Waals surface area (Å²) < 4.78 is 0. The third kappa shape index (κ3) is 2.31. The molecule has 2 rings (SSSR count). The highest BCUT2D eigenvalue weighted by Gasteiger charge is 2.28. The summed E-state index contributed by atoms with van der Waals surface area (Å²) in [6.45, 7) is 0.188. The van der Waals surface area contributed by atoms with Crippen molar-refractivity contribution in [3.05, 3.63) is 17.6 Å². The first-order chi connectivity index (χ1) is 7.61. The van der Waals surface area contributed by atoms with Crippen molar-refractivity contribution in [1.29, 1.82) is 0 Å². The number of aromatic nitrogens is 2. The Kier molecular flexibility index (Phi) is 3.07. The Morgan fingerprint density at radius 2 is 2.19 bits per heavy atom. The molecule has 0 aromatic carbocycles. The first-order valence-corrected chi connectivity index (χ1v) is 5.56. The van der Waals surface area contributed by atoms with Gasteiger partial charge in [-0.2, -0.15) is 0 Å². The van der Waals surface area contributed by atoms with Gasteiger partial charge in [-0.3, -0.25) is 0 Å². The highest BCUT2D eigenvalue weighted by Crippen LogP contribution is 2.38. The third-order valence-corrected chi connectivity index (χ3v) is 2.72. The molecule has 1 aromatic heterocycles. The average molecular weight is 222 g/mol. The Hall–Kier alpha value is -1.20. The van der Waals surface area contributed by atoms with Gasteiger partial charge in [0.25, 0.3) is 0 Å². The van der Waals surface area contributed by atoms with Crippen LogP contribution in [0.2, 0.25) is 0 Å². The molecule has 1 aliphatic rings. The predicted molar refractivity (Wildman–Crippen MR) is 62.3 cm³/mol. The van der Waals surface area contributed by atoms with E-state index in [1.54, 1.807) is 6.07 Å². The zero-order valence-corrected chi connectivity index (χ0v) is 9.72. The van der Waals surface area contributed by atoms with Crippen LogP contribution in [0.15, 0.2) is 6.07 Å². The van der Waals surface area contributed by atoms with Crippen LogP contribution in [-0.2, 0) is 0 Å². The Morgan fingerprint density at radius 3 is 2.69 bits per heavy atom. The van der Waals surface area contributed by atoms with Gasteiger partial charge < -0.3 is 15.7 Å². The molecule has 1 saturated carbocycles. The number of anilines is 1. The molecule has 1 fully saturated rings. The number of rotatable bonds is 4. The summed E-state index contributed by atoms with van der Waals surface area (Å²) in [6.07, 6.45) is 1.60. The van der Waals surface area contributed by atoms with Gasteiger partial charge in [0.05, 0.1) is 5.69 Å². The van der Waals surface area contributed by atoms with E-state index in [-0.39, 0.29) is 6.54 Å². The molecular formula is C11H18N4O. The molecule has 0 bridgehead atoms. The zero-order valence-electron chi connectivity index (χ0n) is 9.72. The number of nitrogens with two attached hydrogens (primary N) is 1. The van der Waals surface area contributed by atoms with Crippen LogP contribution in [0, 0.1) is 0 Å². The van der Waals surface area contributed by atoms with E-state index in [9.17, 15) is 5.11 Å². The van der Waals surface area contributed by atoms with Crippen molar-refractivity contribution in [2.75, 3.05) is 25.5 Å². The SMILES string of the molecule is CN(C)c1cc(C(O)CN)nc(C2CC2)n1. The normalized spacial score (nSPS) is 17.2. The third-order valence-electron chi connectivity index (χ3n) is 2.72. The molecule has 1 heterocycles. The van der Waals surface area contributed by atoms with Crippen molar-refractivity contribution in [2.24, 2.45) is 5.73 Å². The highest BCUT2D eigenvalue weighted by molar-refractivity contribution is 5.39. The van der Waals surface area contributed by atoms with Crippen molar-refractivity contribution >= 4 is 5.82 Å². The van der Waals surface area contributed by atoms with E-state index < -0.39 is 6.10 Å². The molecule has 3 N–H and O–H groups in total. The van der Waals surface area contributed by atoms with Gasteiger partial charge in [0.15, 0.2) is 0 Å². The maximum Gasteiger partial charge on any atom is 0.134 e. The topological polar surface area (TPSA) is 75.3 Å². The van der Waals surface area contributed by atoms with E-state index in [1.807, 2.05) is 19.0 Å². The maximum atomic E-state index is 9.73. The maximum absolute atomic E-state index is 9.73. The number of hydrogen-bond donors (Lipinski definition) is 2. The van der Waals surface area contributed by atoms with E-state index in [1.165, 1.54) is 0 Å². The molecule has 0 radical (unpaired) electrons. The molecule has 1 aliphatic carbocycles. The van der Waals surface area contributed by atoms with Gasteiger partial charge in [0, 0.05) is 32.6 Å². The average Bonchev–Trinajstić information content (AvgIpc) is 3.11. The van der Waals surface area contributed by atoms with Gasteiger partial charge in [-0.1, -0.05) is 0 Å². The smallest absolute Gasteiger partial charge is 0.134 e. The monoisotopic (exact) mass is 222 g/mol. The van der Waals surface area contributed by atoms with Gasteiger partial charge in [0.2, 0.25) is 0 Å². The fraction of sp³-hybridized carbons (Fsp3) is 0.636. The molecule has 0 saturated heterocycles. The van der Waals surface area contributed by atoms with Crippen LogP contribution in [0.5, 0.6) is 0 Å². The summed E-state index contributed by atoms with van der Waals surface area (Å²) in [7, 11) is 3.86.